The Morgan fingerprint density at radius 3 is 2.34 bits per heavy atom. The number of hydrogen-bond donors (Lipinski definition) is 1. The SMILES string of the molecule is Cc1ccc(S(=O)(=O)n2ccc3c2ncc2c(-c4ccc(O)cc4)ncn23)cc1. The molecule has 5 rings (SSSR count). The fraction of sp³-hybridized carbons (Fsp3) is 0.0476. The van der Waals surface area contributed by atoms with Gasteiger partial charge >= 0.3 is 0 Å². The van der Waals surface area contributed by atoms with Crippen LogP contribution < -0.4 is 0 Å². The third-order valence-corrected chi connectivity index (χ3v) is 6.58. The summed E-state index contributed by atoms with van der Waals surface area (Å²) in [6.07, 6.45) is 4.76. The molecule has 29 heavy (non-hydrogen) atoms. The van der Waals surface area contributed by atoms with Crippen molar-refractivity contribution in [2.45, 2.75) is 11.8 Å². The molecule has 0 saturated heterocycles. The highest BCUT2D eigenvalue weighted by Gasteiger charge is 2.21. The number of aromatic nitrogens is 4. The van der Waals surface area contributed by atoms with Gasteiger partial charge in [0.2, 0.25) is 0 Å². The summed E-state index contributed by atoms with van der Waals surface area (Å²) in [5.41, 5.74) is 4.23. The fourth-order valence-electron chi connectivity index (χ4n) is 3.36. The standard InChI is InChI=1S/C21H16N4O3S/c1-14-2-8-17(9-3-14)29(27,28)25-11-10-18-21(25)22-12-19-20(23-13-24(18)19)15-4-6-16(26)7-5-15/h2-13,26H,1H3. The average Bonchev–Trinajstić information content (AvgIpc) is 3.33. The van der Waals surface area contributed by atoms with Crippen molar-refractivity contribution in [2.24, 2.45) is 0 Å². The second-order valence-electron chi connectivity index (χ2n) is 6.79. The summed E-state index contributed by atoms with van der Waals surface area (Å²) in [6, 6.07) is 15.2. The minimum absolute atomic E-state index is 0.177. The number of phenolic OH excluding ortho intramolecular Hbond substituents is 1. The summed E-state index contributed by atoms with van der Waals surface area (Å²) in [5.74, 6) is 0.177. The molecular formula is C21H16N4O3S. The molecule has 0 radical (unpaired) electrons. The number of fused-ring (bicyclic) bond motifs is 3. The predicted octanol–water partition coefficient (Wildman–Crippen LogP) is 3.60. The highest BCUT2D eigenvalue weighted by Crippen LogP contribution is 2.28. The first-order valence-electron chi connectivity index (χ1n) is 8.90. The molecule has 0 aliphatic carbocycles. The van der Waals surface area contributed by atoms with E-state index in [4.69, 9.17) is 0 Å². The maximum atomic E-state index is 13.1. The molecule has 0 atom stereocenters. The molecule has 3 heterocycles. The molecule has 0 amide bonds. The third-order valence-electron chi connectivity index (χ3n) is 4.90. The van der Waals surface area contributed by atoms with Crippen LogP contribution in [0.1, 0.15) is 5.56 Å². The van der Waals surface area contributed by atoms with Gasteiger partial charge in [-0.1, -0.05) is 17.7 Å². The minimum Gasteiger partial charge on any atom is -0.508 e. The van der Waals surface area contributed by atoms with Gasteiger partial charge in [-0.05, 0) is 49.4 Å². The van der Waals surface area contributed by atoms with E-state index in [2.05, 4.69) is 9.97 Å². The van der Waals surface area contributed by atoms with Crippen LogP contribution in [0.4, 0.5) is 0 Å². The van der Waals surface area contributed by atoms with Crippen LogP contribution in [0.3, 0.4) is 0 Å². The van der Waals surface area contributed by atoms with E-state index in [1.165, 1.54) is 10.2 Å². The molecule has 0 unspecified atom stereocenters. The molecule has 3 aromatic heterocycles. The molecule has 0 aliphatic rings. The van der Waals surface area contributed by atoms with Crippen LogP contribution in [0.2, 0.25) is 0 Å². The van der Waals surface area contributed by atoms with Gasteiger partial charge in [0.1, 0.15) is 12.1 Å². The first kappa shape index (κ1) is 17.4. The Balaban J connectivity index is 1.68. The van der Waals surface area contributed by atoms with E-state index >= 15 is 0 Å². The van der Waals surface area contributed by atoms with Gasteiger partial charge in [0.15, 0.2) is 5.65 Å². The van der Waals surface area contributed by atoms with Crippen molar-refractivity contribution in [3.05, 3.63) is 78.9 Å². The highest BCUT2D eigenvalue weighted by molar-refractivity contribution is 7.90. The van der Waals surface area contributed by atoms with Crippen molar-refractivity contribution in [3.63, 3.8) is 0 Å². The number of hydrogen-bond acceptors (Lipinski definition) is 5. The Morgan fingerprint density at radius 2 is 1.62 bits per heavy atom. The maximum Gasteiger partial charge on any atom is 0.269 e. The lowest BCUT2D eigenvalue weighted by Gasteiger charge is -2.08. The molecule has 0 bridgehead atoms. The molecule has 5 aromatic rings. The normalized spacial score (nSPS) is 12.0. The van der Waals surface area contributed by atoms with E-state index in [0.717, 1.165) is 16.6 Å². The monoisotopic (exact) mass is 404 g/mol. The predicted molar refractivity (Wildman–Crippen MR) is 109 cm³/mol. The molecule has 0 aliphatic heterocycles. The maximum absolute atomic E-state index is 13.1. The van der Waals surface area contributed by atoms with Crippen LogP contribution in [0, 0.1) is 6.92 Å². The number of benzene rings is 2. The number of rotatable bonds is 3. The second-order valence-corrected chi connectivity index (χ2v) is 8.61. The Kier molecular flexibility index (Phi) is 3.72. The van der Waals surface area contributed by atoms with Crippen LogP contribution in [0.25, 0.3) is 27.9 Å². The lowest BCUT2D eigenvalue weighted by molar-refractivity contribution is 0.475. The Labute approximate surface area is 166 Å². The number of aromatic hydroxyl groups is 1. The van der Waals surface area contributed by atoms with Crippen LogP contribution in [-0.2, 0) is 10.0 Å². The second kappa shape index (κ2) is 6.18. The van der Waals surface area contributed by atoms with Crippen molar-refractivity contribution < 1.29 is 13.5 Å². The molecule has 1 N–H and O–H groups in total. The van der Waals surface area contributed by atoms with Crippen molar-refractivity contribution in [1.82, 2.24) is 18.3 Å². The third kappa shape index (κ3) is 2.68. The lowest BCUT2D eigenvalue weighted by atomic mass is 10.1. The first-order chi connectivity index (χ1) is 13.9. The Morgan fingerprint density at radius 1 is 0.897 bits per heavy atom. The van der Waals surface area contributed by atoms with Gasteiger partial charge in [0.05, 0.1) is 27.8 Å². The molecule has 0 saturated carbocycles. The van der Waals surface area contributed by atoms with Gasteiger partial charge in [-0.3, -0.25) is 4.40 Å². The smallest absolute Gasteiger partial charge is 0.269 e. The molecule has 0 spiro atoms. The van der Waals surface area contributed by atoms with Crippen molar-refractivity contribution >= 4 is 26.7 Å². The zero-order chi connectivity index (χ0) is 20.2. The molecule has 7 nitrogen and oxygen atoms in total. The van der Waals surface area contributed by atoms with E-state index in [1.54, 1.807) is 67.1 Å². The topological polar surface area (TPSA) is 89.5 Å². The van der Waals surface area contributed by atoms with Gasteiger partial charge in [-0.25, -0.2) is 22.4 Å². The number of aryl methyl sites for hydroxylation is 1. The molecule has 8 heteroatoms. The summed E-state index contributed by atoms with van der Waals surface area (Å²) < 4.78 is 29.2. The van der Waals surface area contributed by atoms with Crippen molar-refractivity contribution in [1.29, 1.82) is 0 Å². The van der Waals surface area contributed by atoms with E-state index in [9.17, 15) is 13.5 Å². The van der Waals surface area contributed by atoms with E-state index in [1.807, 2.05) is 11.3 Å². The van der Waals surface area contributed by atoms with E-state index in [0.29, 0.717) is 16.9 Å². The summed E-state index contributed by atoms with van der Waals surface area (Å²) in [5, 5.41) is 9.50. The fourth-order valence-corrected chi connectivity index (χ4v) is 4.66. The van der Waals surface area contributed by atoms with Crippen LogP contribution in [0.15, 0.2) is 78.2 Å². The number of imidazole rings is 1. The molecule has 144 valence electrons. The first-order valence-corrected chi connectivity index (χ1v) is 10.3. The van der Waals surface area contributed by atoms with Gasteiger partial charge < -0.3 is 5.11 Å². The Hall–Kier alpha value is -3.65. The van der Waals surface area contributed by atoms with Crippen LogP contribution in [-0.4, -0.2) is 31.9 Å². The Bertz CT molecular complexity index is 1460. The summed E-state index contributed by atoms with van der Waals surface area (Å²) in [7, 11) is -3.77. The minimum atomic E-state index is -3.77. The number of phenols is 1. The quantitative estimate of drug-likeness (QED) is 0.496. The van der Waals surface area contributed by atoms with Gasteiger partial charge in [0.25, 0.3) is 10.0 Å². The van der Waals surface area contributed by atoms with Crippen LogP contribution >= 0.6 is 0 Å². The van der Waals surface area contributed by atoms with E-state index < -0.39 is 10.0 Å². The number of nitrogens with zero attached hydrogens (tertiary/aromatic N) is 4. The van der Waals surface area contributed by atoms with Gasteiger partial charge in [-0.2, -0.15) is 0 Å². The van der Waals surface area contributed by atoms with Gasteiger partial charge in [0, 0.05) is 11.8 Å². The van der Waals surface area contributed by atoms with Crippen molar-refractivity contribution in [3.8, 4) is 17.0 Å². The zero-order valence-electron chi connectivity index (χ0n) is 15.4. The zero-order valence-corrected chi connectivity index (χ0v) is 16.2. The molecule has 2 aromatic carbocycles. The summed E-state index contributed by atoms with van der Waals surface area (Å²) in [4.78, 5) is 9.10. The molecule has 0 fully saturated rings. The lowest BCUT2D eigenvalue weighted by Crippen LogP contribution is -2.12. The highest BCUT2D eigenvalue weighted by atomic mass is 32.2. The average molecular weight is 404 g/mol. The van der Waals surface area contributed by atoms with Crippen LogP contribution in [0.5, 0.6) is 5.75 Å². The van der Waals surface area contributed by atoms with Gasteiger partial charge in [-0.15, -0.1) is 0 Å². The summed E-state index contributed by atoms with van der Waals surface area (Å²) in [6.45, 7) is 1.91. The largest absolute Gasteiger partial charge is 0.508 e. The molecular weight excluding hydrogens is 388 g/mol. The van der Waals surface area contributed by atoms with Crippen molar-refractivity contribution in [2.75, 3.05) is 0 Å². The summed E-state index contributed by atoms with van der Waals surface area (Å²) >= 11 is 0. The van der Waals surface area contributed by atoms with E-state index in [-0.39, 0.29) is 10.6 Å².